The zero-order valence-corrected chi connectivity index (χ0v) is 13.1. The fraction of sp³-hybridized carbons (Fsp3) is 0.0625. The molecule has 1 heterocycles. The van der Waals surface area contributed by atoms with E-state index in [1.165, 1.54) is 12.1 Å². The van der Waals surface area contributed by atoms with Crippen molar-refractivity contribution in [3.63, 3.8) is 0 Å². The summed E-state index contributed by atoms with van der Waals surface area (Å²) < 4.78 is 40.0. The largest absolute Gasteiger partial charge is 0.275 e. The molecule has 0 radical (unpaired) electrons. The average Bonchev–Trinajstić information content (AvgIpc) is 2.89. The Hall–Kier alpha value is -2.67. The number of H-pyrrole nitrogens is 1. The predicted octanol–water partition coefficient (Wildman–Crippen LogP) is 3.33. The van der Waals surface area contributed by atoms with E-state index < -0.39 is 15.8 Å². The molecule has 2 aromatic carbocycles. The molecule has 0 aliphatic rings. The quantitative estimate of drug-likeness (QED) is 0.770. The van der Waals surface area contributed by atoms with E-state index in [0.717, 1.165) is 23.4 Å². The molecular weight excluding hydrogens is 317 g/mol. The molecule has 1 aromatic heterocycles. The zero-order valence-electron chi connectivity index (χ0n) is 12.2. The molecule has 0 saturated carbocycles. The van der Waals surface area contributed by atoms with Gasteiger partial charge in [0.2, 0.25) is 0 Å². The van der Waals surface area contributed by atoms with Gasteiger partial charge in [-0.3, -0.25) is 9.82 Å². The van der Waals surface area contributed by atoms with Gasteiger partial charge in [-0.2, -0.15) is 5.10 Å². The lowest BCUT2D eigenvalue weighted by atomic mass is 10.1. The summed E-state index contributed by atoms with van der Waals surface area (Å²) in [4.78, 5) is -0.0254. The lowest BCUT2D eigenvalue weighted by molar-refractivity contribution is 0.599. The summed E-state index contributed by atoms with van der Waals surface area (Å²) in [6, 6.07) is 14.1. The smallest absolute Gasteiger partial charge is 0.263 e. The minimum atomic E-state index is -3.82. The van der Waals surface area contributed by atoms with E-state index in [-0.39, 0.29) is 10.7 Å². The molecule has 23 heavy (non-hydrogen) atoms. The lowest BCUT2D eigenvalue weighted by Gasteiger charge is -2.06. The summed E-state index contributed by atoms with van der Waals surface area (Å²) in [5, 5.41) is 6.87. The van der Waals surface area contributed by atoms with Crippen molar-refractivity contribution in [3.05, 3.63) is 66.0 Å². The van der Waals surface area contributed by atoms with Crippen molar-refractivity contribution >= 4 is 15.8 Å². The molecule has 0 aliphatic heterocycles. The lowest BCUT2D eigenvalue weighted by Crippen LogP contribution is -2.13. The number of rotatable bonds is 4. The number of nitrogens with zero attached hydrogens (tertiary/aromatic N) is 1. The van der Waals surface area contributed by atoms with E-state index in [1.807, 2.05) is 30.3 Å². The van der Waals surface area contributed by atoms with Crippen molar-refractivity contribution in [2.45, 2.75) is 11.8 Å². The van der Waals surface area contributed by atoms with E-state index in [4.69, 9.17) is 0 Å². The van der Waals surface area contributed by atoms with Crippen LogP contribution in [-0.4, -0.2) is 18.6 Å². The molecule has 3 rings (SSSR count). The number of benzene rings is 2. The third-order valence-electron chi connectivity index (χ3n) is 3.43. The maximum absolute atomic E-state index is 12.9. The number of halogens is 1. The van der Waals surface area contributed by atoms with Crippen molar-refractivity contribution in [2.24, 2.45) is 0 Å². The zero-order chi connectivity index (χ0) is 16.4. The second-order valence-electron chi connectivity index (χ2n) is 5.00. The van der Waals surface area contributed by atoms with Crippen LogP contribution in [0.5, 0.6) is 0 Å². The molecule has 0 saturated heterocycles. The number of hydrogen-bond acceptors (Lipinski definition) is 3. The normalized spacial score (nSPS) is 11.4. The first-order chi connectivity index (χ1) is 11.0. The highest BCUT2D eigenvalue weighted by Crippen LogP contribution is 2.27. The molecule has 0 bridgehead atoms. The molecule has 2 N–H and O–H groups in total. The van der Waals surface area contributed by atoms with E-state index in [2.05, 4.69) is 14.9 Å². The standard InChI is InChI=1S/C16H14FN3O2S/c1-11-15(12-5-3-2-4-6-12)18-19-16(11)20-23(21,22)14-9-7-13(17)8-10-14/h2-10H,1H3,(H2,18,19,20). The Labute approximate surface area is 133 Å². The molecule has 0 spiro atoms. The Balaban J connectivity index is 1.92. The number of sulfonamides is 1. The van der Waals surface area contributed by atoms with Gasteiger partial charge in [0.15, 0.2) is 5.82 Å². The highest BCUT2D eigenvalue weighted by atomic mass is 32.2. The number of hydrogen-bond donors (Lipinski definition) is 2. The van der Waals surface area contributed by atoms with Gasteiger partial charge < -0.3 is 0 Å². The van der Waals surface area contributed by atoms with Crippen molar-refractivity contribution in [1.82, 2.24) is 10.2 Å². The van der Waals surface area contributed by atoms with E-state index >= 15 is 0 Å². The number of aromatic amines is 1. The van der Waals surface area contributed by atoms with Crippen LogP contribution in [0.2, 0.25) is 0 Å². The predicted molar refractivity (Wildman–Crippen MR) is 86.0 cm³/mol. The van der Waals surface area contributed by atoms with Crippen molar-refractivity contribution in [3.8, 4) is 11.3 Å². The van der Waals surface area contributed by atoms with Crippen molar-refractivity contribution < 1.29 is 12.8 Å². The van der Waals surface area contributed by atoms with Crippen LogP contribution in [-0.2, 0) is 10.0 Å². The van der Waals surface area contributed by atoms with Gasteiger partial charge in [-0.1, -0.05) is 30.3 Å². The van der Waals surface area contributed by atoms with Gasteiger partial charge in [0.25, 0.3) is 10.0 Å². The van der Waals surface area contributed by atoms with Crippen LogP contribution in [0.4, 0.5) is 10.2 Å². The SMILES string of the molecule is Cc1c(NS(=O)(=O)c2ccc(F)cc2)n[nH]c1-c1ccccc1. The van der Waals surface area contributed by atoms with E-state index in [0.29, 0.717) is 5.56 Å². The second-order valence-corrected chi connectivity index (χ2v) is 6.68. The van der Waals surface area contributed by atoms with Crippen LogP contribution < -0.4 is 4.72 Å². The molecular formula is C16H14FN3O2S. The van der Waals surface area contributed by atoms with Crippen LogP contribution in [0, 0.1) is 12.7 Å². The number of nitrogens with one attached hydrogen (secondary N) is 2. The summed E-state index contributed by atoms with van der Waals surface area (Å²) in [6.07, 6.45) is 0. The van der Waals surface area contributed by atoms with Crippen LogP contribution in [0.1, 0.15) is 5.56 Å². The number of anilines is 1. The molecule has 0 unspecified atom stereocenters. The third-order valence-corrected chi connectivity index (χ3v) is 4.78. The second kappa shape index (κ2) is 5.85. The fourth-order valence-corrected chi connectivity index (χ4v) is 3.25. The highest BCUT2D eigenvalue weighted by Gasteiger charge is 2.19. The molecule has 3 aromatic rings. The van der Waals surface area contributed by atoms with Gasteiger partial charge in [-0.15, -0.1) is 0 Å². The fourth-order valence-electron chi connectivity index (χ4n) is 2.18. The van der Waals surface area contributed by atoms with E-state index in [1.54, 1.807) is 6.92 Å². The van der Waals surface area contributed by atoms with Crippen molar-refractivity contribution in [1.29, 1.82) is 0 Å². The molecule has 0 amide bonds. The molecule has 0 atom stereocenters. The molecule has 118 valence electrons. The Kier molecular flexibility index (Phi) is 3.87. The topological polar surface area (TPSA) is 74.8 Å². The summed E-state index contributed by atoms with van der Waals surface area (Å²) in [6.45, 7) is 1.77. The van der Waals surface area contributed by atoms with Crippen LogP contribution in [0.3, 0.4) is 0 Å². The van der Waals surface area contributed by atoms with Crippen molar-refractivity contribution in [2.75, 3.05) is 4.72 Å². The minimum Gasteiger partial charge on any atom is -0.275 e. The summed E-state index contributed by atoms with van der Waals surface area (Å²) in [5.74, 6) is -0.278. The Morgan fingerprint density at radius 3 is 2.35 bits per heavy atom. The van der Waals surface area contributed by atoms with E-state index in [9.17, 15) is 12.8 Å². The first kappa shape index (κ1) is 15.2. The average molecular weight is 331 g/mol. The molecule has 5 nitrogen and oxygen atoms in total. The maximum Gasteiger partial charge on any atom is 0.263 e. The summed E-state index contributed by atoms with van der Waals surface area (Å²) in [5.41, 5.74) is 2.33. The minimum absolute atomic E-state index is 0.0254. The Morgan fingerprint density at radius 1 is 1.04 bits per heavy atom. The Bertz CT molecular complexity index is 920. The highest BCUT2D eigenvalue weighted by molar-refractivity contribution is 7.92. The molecule has 0 fully saturated rings. The van der Waals surface area contributed by atoms with Crippen LogP contribution in [0.25, 0.3) is 11.3 Å². The monoisotopic (exact) mass is 331 g/mol. The molecule has 0 aliphatic carbocycles. The number of aromatic nitrogens is 2. The van der Waals surface area contributed by atoms with Gasteiger partial charge in [-0.05, 0) is 36.8 Å². The summed E-state index contributed by atoms with van der Waals surface area (Å²) in [7, 11) is -3.82. The first-order valence-corrected chi connectivity index (χ1v) is 8.34. The Morgan fingerprint density at radius 2 is 1.70 bits per heavy atom. The van der Waals surface area contributed by atoms with Crippen LogP contribution >= 0.6 is 0 Å². The van der Waals surface area contributed by atoms with Gasteiger partial charge in [0, 0.05) is 5.56 Å². The van der Waals surface area contributed by atoms with Gasteiger partial charge in [0.05, 0.1) is 10.6 Å². The first-order valence-electron chi connectivity index (χ1n) is 6.86. The molecule has 7 heteroatoms. The summed E-state index contributed by atoms with van der Waals surface area (Å²) >= 11 is 0. The van der Waals surface area contributed by atoms with Gasteiger partial charge >= 0.3 is 0 Å². The maximum atomic E-state index is 12.9. The van der Waals surface area contributed by atoms with Crippen LogP contribution in [0.15, 0.2) is 59.5 Å². The van der Waals surface area contributed by atoms with Gasteiger partial charge in [0.1, 0.15) is 5.82 Å². The van der Waals surface area contributed by atoms with Gasteiger partial charge in [-0.25, -0.2) is 12.8 Å². The third kappa shape index (κ3) is 3.09.